The van der Waals surface area contributed by atoms with Crippen molar-refractivity contribution in [1.82, 2.24) is 5.32 Å². The molecule has 1 rings (SSSR count). The standard InChI is InChI=1S/C16H26N2O3/c1-12-6-4-7-14(8-9-17)15(12)21-13(2)16(19)18-10-5-11-20-3/h4,6-7,13H,5,8-11,17H2,1-3H3,(H,18,19). The molecule has 1 aromatic rings. The number of carbonyl (C=O) groups excluding carboxylic acids is 1. The van der Waals surface area contributed by atoms with Crippen molar-refractivity contribution < 1.29 is 14.3 Å². The number of hydrogen-bond donors (Lipinski definition) is 2. The summed E-state index contributed by atoms with van der Waals surface area (Å²) in [5, 5.41) is 2.84. The van der Waals surface area contributed by atoms with E-state index in [0.717, 1.165) is 29.7 Å². The molecule has 0 spiro atoms. The Bertz CT molecular complexity index is 449. The molecule has 1 unspecified atom stereocenters. The summed E-state index contributed by atoms with van der Waals surface area (Å²) in [7, 11) is 1.64. The van der Waals surface area contributed by atoms with Crippen LogP contribution in [0.5, 0.6) is 5.75 Å². The molecule has 0 saturated carbocycles. The maximum atomic E-state index is 12.0. The first-order valence-corrected chi connectivity index (χ1v) is 7.32. The molecule has 0 aromatic heterocycles. The van der Waals surface area contributed by atoms with E-state index in [9.17, 15) is 4.79 Å². The predicted molar refractivity (Wildman–Crippen MR) is 83.5 cm³/mol. The Morgan fingerprint density at radius 3 is 2.86 bits per heavy atom. The number of nitrogens with two attached hydrogens (primary N) is 1. The number of amides is 1. The Morgan fingerprint density at radius 1 is 1.43 bits per heavy atom. The second-order valence-corrected chi connectivity index (χ2v) is 5.00. The molecule has 5 heteroatoms. The number of carbonyl (C=O) groups is 1. The van der Waals surface area contributed by atoms with Gasteiger partial charge in [0.15, 0.2) is 6.10 Å². The Morgan fingerprint density at radius 2 is 2.19 bits per heavy atom. The number of nitrogens with one attached hydrogen (secondary N) is 1. The number of para-hydroxylation sites is 1. The Hall–Kier alpha value is -1.59. The molecule has 0 aliphatic heterocycles. The molecular weight excluding hydrogens is 268 g/mol. The monoisotopic (exact) mass is 294 g/mol. The quantitative estimate of drug-likeness (QED) is 0.676. The van der Waals surface area contributed by atoms with Crippen molar-refractivity contribution >= 4 is 5.91 Å². The van der Waals surface area contributed by atoms with Gasteiger partial charge < -0.3 is 20.5 Å². The molecule has 0 saturated heterocycles. The molecule has 1 aromatic carbocycles. The topological polar surface area (TPSA) is 73.6 Å². The lowest BCUT2D eigenvalue weighted by Crippen LogP contribution is -2.37. The normalized spacial score (nSPS) is 12.0. The van der Waals surface area contributed by atoms with Crippen molar-refractivity contribution in [2.45, 2.75) is 32.8 Å². The predicted octanol–water partition coefficient (Wildman–Crippen LogP) is 1.42. The average Bonchev–Trinajstić information content (AvgIpc) is 2.47. The second-order valence-electron chi connectivity index (χ2n) is 5.00. The minimum Gasteiger partial charge on any atom is -0.480 e. The van der Waals surface area contributed by atoms with Crippen molar-refractivity contribution in [1.29, 1.82) is 0 Å². The van der Waals surface area contributed by atoms with E-state index >= 15 is 0 Å². The number of aryl methyl sites for hydroxylation is 1. The van der Waals surface area contributed by atoms with Crippen LogP contribution in [-0.4, -0.2) is 38.8 Å². The third-order valence-electron chi connectivity index (χ3n) is 3.20. The highest BCUT2D eigenvalue weighted by atomic mass is 16.5. The maximum Gasteiger partial charge on any atom is 0.260 e. The van der Waals surface area contributed by atoms with E-state index in [2.05, 4.69) is 5.32 Å². The molecule has 0 bridgehead atoms. The zero-order valence-corrected chi connectivity index (χ0v) is 13.1. The highest BCUT2D eigenvalue weighted by Gasteiger charge is 2.17. The molecule has 5 nitrogen and oxygen atoms in total. The number of rotatable bonds is 9. The zero-order chi connectivity index (χ0) is 15.7. The van der Waals surface area contributed by atoms with E-state index in [0.29, 0.717) is 19.7 Å². The maximum absolute atomic E-state index is 12.0. The molecule has 0 aliphatic rings. The molecular formula is C16H26N2O3. The van der Waals surface area contributed by atoms with Gasteiger partial charge in [0.05, 0.1) is 0 Å². The summed E-state index contributed by atoms with van der Waals surface area (Å²) >= 11 is 0. The van der Waals surface area contributed by atoms with Gasteiger partial charge in [-0.3, -0.25) is 4.79 Å². The summed E-state index contributed by atoms with van der Waals surface area (Å²) in [6, 6.07) is 5.93. The third kappa shape index (κ3) is 5.73. The molecule has 21 heavy (non-hydrogen) atoms. The van der Waals surface area contributed by atoms with E-state index in [4.69, 9.17) is 15.2 Å². The molecule has 0 heterocycles. The van der Waals surface area contributed by atoms with Crippen molar-refractivity contribution in [2.24, 2.45) is 5.73 Å². The second kappa shape index (κ2) is 9.37. The third-order valence-corrected chi connectivity index (χ3v) is 3.20. The van der Waals surface area contributed by atoms with Crippen LogP contribution in [0.15, 0.2) is 18.2 Å². The molecule has 3 N–H and O–H groups in total. The van der Waals surface area contributed by atoms with Gasteiger partial charge in [-0.1, -0.05) is 18.2 Å². The van der Waals surface area contributed by atoms with Crippen LogP contribution >= 0.6 is 0 Å². The van der Waals surface area contributed by atoms with Gasteiger partial charge in [0.2, 0.25) is 0 Å². The van der Waals surface area contributed by atoms with Crippen LogP contribution in [0.3, 0.4) is 0 Å². The molecule has 1 atom stereocenters. The fourth-order valence-electron chi connectivity index (χ4n) is 2.04. The van der Waals surface area contributed by atoms with Gasteiger partial charge >= 0.3 is 0 Å². The van der Waals surface area contributed by atoms with Crippen molar-refractivity contribution in [3.05, 3.63) is 29.3 Å². The largest absolute Gasteiger partial charge is 0.480 e. The molecule has 0 aliphatic carbocycles. The van der Waals surface area contributed by atoms with Crippen LogP contribution in [0.25, 0.3) is 0 Å². The highest BCUT2D eigenvalue weighted by Crippen LogP contribution is 2.24. The number of ether oxygens (including phenoxy) is 2. The molecule has 0 radical (unpaired) electrons. The van der Waals surface area contributed by atoms with Crippen LogP contribution in [0.1, 0.15) is 24.5 Å². The Balaban J connectivity index is 2.61. The van der Waals surface area contributed by atoms with E-state index in [1.54, 1.807) is 14.0 Å². The summed E-state index contributed by atoms with van der Waals surface area (Å²) in [4.78, 5) is 12.0. The van der Waals surface area contributed by atoms with Crippen LogP contribution in [0.2, 0.25) is 0 Å². The number of hydrogen-bond acceptors (Lipinski definition) is 4. The van der Waals surface area contributed by atoms with E-state index < -0.39 is 6.10 Å². The molecule has 1 amide bonds. The fraction of sp³-hybridized carbons (Fsp3) is 0.562. The average molecular weight is 294 g/mol. The Kier molecular flexibility index (Phi) is 7.79. The summed E-state index contributed by atoms with van der Waals surface area (Å²) < 4.78 is 10.8. The minimum absolute atomic E-state index is 0.118. The first kappa shape index (κ1) is 17.5. The molecule has 0 fully saturated rings. The number of methoxy groups -OCH3 is 1. The smallest absolute Gasteiger partial charge is 0.260 e. The van der Waals surface area contributed by atoms with Gasteiger partial charge in [0.25, 0.3) is 5.91 Å². The van der Waals surface area contributed by atoms with Crippen molar-refractivity contribution in [3.8, 4) is 5.75 Å². The highest BCUT2D eigenvalue weighted by molar-refractivity contribution is 5.80. The summed E-state index contributed by atoms with van der Waals surface area (Å²) in [6.45, 7) is 5.50. The van der Waals surface area contributed by atoms with Gasteiger partial charge in [-0.05, 0) is 44.4 Å². The van der Waals surface area contributed by atoms with E-state index in [-0.39, 0.29) is 5.91 Å². The van der Waals surface area contributed by atoms with Gasteiger partial charge in [-0.2, -0.15) is 0 Å². The van der Waals surface area contributed by atoms with Crippen molar-refractivity contribution in [2.75, 3.05) is 26.8 Å². The van der Waals surface area contributed by atoms with Crippen LogP contribution in [-0.2, 0) is 16.0 Å². The lowest BCUT2D eigenvalue weighted by atomic mass is 10.1. The first-order chi connectivity index (χ1) is 10.1. The summed E-state index contributed by atoms with van der Waals surface area (Å²) in [5.74, 6) is 0.649. The lowest BCUT2D eigenvalue weighted by Gasteiger charge is -2.19. The summed E-state index contributed by atoms with van der Waals surface area (Å²) in [5.41, 5.74) is 7.67. The Labute approximate surface area is 126 Å². The fourth-order valence-corrected chi connectivity index (χ4v) is 2.04. The van der Waals surface area contributed by atoms with Gasteiger partial charge in [-0.15, -0.1) is 0 Å². The van der Waals surface area contributed by atoms with Crippen LogP contribution < -0.4 is 15.8 Å². The zero-order valence-electron chi connectivity index (χ0n) is 13.1. The van der Waals surface area contributed by atoms with E-state index in [1.165, 1.54) is 0 Å². The van der Waals surface area contributed by atoms with Crippen LogP contribution in [0.4, 0.5) is 0 Å². The SMILES string of the molecule is COCCCNC(=O)C(C)Oc1c(C)cccc1CCN. The van der Waals surface area contributed by atoms with Gasteiger partial charge in [0.1, 0.15) is 5.75 Å². The lowest BCUT2D eigenvalue weighted by molar-refractivity contribution is -0.127. The molecule has 118 valence electrons. The minimum atomic E-state index is -0.537. The number of benzene rings is 1. The first-order valence-electron chi connectivity index (χ1n) is 7.32. The van der Waals surface area contributed by atoms with Gasteiger partial charge in [-0.25, -0.2) is 0 Å². The van der Waals surface area contributed by atoms with Crippen LogP contribution in [0, 0.1) is 6.92 Å². The van der Waals surface area contributed by atoms with E-state index in [1.807, 2.05) is 25.1 Å². The summed E-state index contributed by atoms with van der Waals surface area (Å²) in [6.07, 6.45) is 0.988. The van der Waals surface area contributed by atoms with Crippen molar-refractivity contribution in [3.63, 3.8) is 0 Å². The van der Waals surface area contributed by atoms with Gasteiger partial charge in [0, 0.05) is 20.3 Å².